The Morgan fingerprint density at radius 3 is 2.50 bits per heavy atom. The van der Waals surface area contributed by atoms with Crippen LogP contribution in [0.5, 0.6) is 0 Å². The molecule has 16 heavy (non-hydrogen) atoms. The first-order chi connectivity index (χ1) is 7.75. The lowest BCUT2D eigenvalue weighted by atomic mass is 10.1. The third kappa shape index (κ3) is 4.42. The fourth-order valence-electron chi connectivity index (χ4n) is 1.63. The number of thiocarbonyl (C=S) groups is 1. The lowest BCUT2D eigenvalue weighted by Crippen LogP contribution is -2.12. The van der Waals surface area contributed by atoms with E-state index in [4.69, 9.17) is 17.0 Å². The van der Waals surface area contributed by atoms with Crippen LogP contribution in [-0.4, -0.2) is 11.5 Å². The van der Waals surface area contributed by atoms with Crippen LogP contribution >= 0.6 is 12.2 Å². The predicted molar refractivity (Wildman–Crippen MR) is 72.9 cm³/mol. The van der Waals surface area contributed by atoms with Crippen molar-refractivity contribution in [3.63, 3.8) is 0 Å². The molecule has 0 amide bonds. The smallest absolute Gasteiger partial charge is 0.113 e. The largest absolute Gasteiger partial charge is 0.368 e. The highest BCUT2D eigenvalue weighted by Gasteiger charge is 2.13. The van der Waals surface area contributed by atoms with Crippen molar-refractivity contribution >= 4 is 17.1 Å². The molecule has 2 heteroatoms. The lowest BCUT2D eigenvalue weighted by Gasteiger charge is -2.17. The fourth-order valence-corrected chi connectivity index (χ4v) is 1.83. The zero-order valence-electron chi connectivity index (χ0n) is 10.1. The molecule has 0 fully saturated rings. The van der Waals surface area contributed by atoms with Crippen LogP contribution in [0.15, 0.2) is 30.3 Å². The number of unbranched alkanes of at least 4 members (excludes halogenated alkanes) is 2. The van der Waals surface area contributed by atoms with Crippen LogP contribution in [0.4, 0.5) is 0 Å². The van der Waals surface area contributed by atoms with E-state index in [1.54, 1.807) is 0 Å². The summed E-state index contributed by atoms with van der Waals surface area (Å²) in [5.74, 6) is 0. The Labute approximate surface area is 104 Å². The molecule has 1 rings (SSSR count). The first-order valence-corrected chi connectivity index (χ1v) is 6.33. The molecule has 0 saturated heterocycles. The molecule has 1 aromatic carbocycles. The summed E-state index contributed by atoms with van der Waals surface area (Å²) in [5.41, 5.74) is 1.16. The fraction of sp³-hybridized carbons (Fsp3) is 0.500. The highest BCUT2D eigenvalue weighted by atomic mass is 32.1. The maximum absolute atomic E-state index is 5.85. The topological polar surface area (TPSA) is 9.23 Å². The number of rotatable bonds is 7. The Balaban J connectivity index is 2.52. The SMILES string of the molecule is CCCCCOC(C(C)=S)c1ccccc1. The maximum atomic E-state index is 5.85. The average Bonchev–Trinajstić information content (AvgIpc) is 2.30. The van der Waals surface area contributed by atoms with Crippen molar-refractivity contribution in [2.24, 2.45) is 0 Å². The summed E-state index contributed by atoms with van der Waals surface area (Å²) in [6, 6.07) is 10.2. The molecular weight excluding hydrogens is 216 g/mol. The van der Waals surface area contributed by atoms with Crippen molar-refractivity contribution in [1.29, 1.82) is 0 Å². The Morgan fingerprint density at radius 1 is 1.25 bits per heavy atom. The van der Waals surface area contributed by atoms with Gasteiger partial charge >= 0.3 is 0 Å². The Bertz CT molecular complexity index is 308. The second kappa shape index (κ2) is 7.53. The van der Waals surface area contributed by atoms with Gasteiger partial charge in [0.25, 0.3) is 0 Å². The molecule has 0 heterocycles. The van der Waals surface area contributed by atoms with Crippen molar-refractivity contribution in [1.82, 2.24) is 0 Å². The van der Waals surface area contributed by atoms with E-state index in [9.17, 15) is 0 Å². The van der Waals surface area contributed by atoms with Crippen LogP contribution in [0.3, 0.4) is 0 Å². The van der Waals surface area contributed by atoms with E-state index in [-0.39, 0.29) is 6.10 Å². The summed E-state index contributed by atoms with van der Waals surface area (Å²) in [4.78, 5) is 0.905. The van der Waals surface area contributed by atoms with Gasteiger partial charge in [0.1, 0.15) is 6.10 Å². The predicted octanol–water partition coefficient (Wildman–Crippen LogP) is 4.32. The van der Waals surface area contributed by atoms with E-state index in [0.717, 1.165) is 23.5 Å². The molecule has 88 valence electrons. The Hall–Kier alpha value is -0.730. The third-order valence-corrected chi connectivity index (χ3v) is 2.72. The minimum atomic E-state index is -0.0203. The Morgan fingerprint density at radius 2 is 1.94 bits per heavy atom. The van der Waals surface area contributed by atoms with Crippen LogP contribution < -0.4 is 0 Å². The summed E-state index contributed by atoms with van der Waals surface area (Å²) in [6.07, 6.45) is 3.53. The summed E-state index contributed by atoms with van der Waals surface area (Å²) >= 11 is 5.25. The first-order valence-electron chi connectivity index (χ1n) is 5.92. The molecule has 1 nitrogen and oxygen atoms in total. The third-order valence-electron chi connectivity index (χ3n) is 2.50. The summed E-state index contributed by atoms with van der Waals surface area (Å²) in [6.45, 7) is 4.94. The normalized spacial score (nSPS) is 12.4. The van der Waals surface area contributed by atoms with E-state index >= 15 is 0 Å². The summed E-state index contributed by atoms with van der Waals surface area (Å²) in [7, 11) is 0. The number of hydrogen-bond acceptors (Lipinski definition) is 2. The zero-order chi connectivity index (χ0) is 11.8. The summed E-state index contributed by atoms with van der Waals surface area (Å²) in [5, 5.41) is 0. The van der Waals surface area contributed by atoms with E-state index in [1.165, 1.54) is 12.8 Å². The van der Waals surface area contributed by atoms with Crippen LogP contribution in [0, 0.1) is 0 Å². The van der Waals surface area contributed by atoms with Gasteiger partial charge in [-0.3, -0.25) is 0 Å². The molecule has 0 radical (unpaired) electrons. The van der Waals surface area contributed by atoms with Gasteiger partial charge in [0.15, 0.2) is 0 Å². The van der Waals surface area contributed by atoms with E-state index in [0.29, 0.717) is 0 Å². The van der Waals surface area contributed by atoms with E-state index < -0.39 is 0 Å². The molecule has 0 aliphatic carbocycles. The quantitative estimate of drug-likeness (QED) is 0.515. The molecule has 1 unspecified atom stereocenters. The minimum absolute atomic E-state index is 0.0203. The van der Waals surface area contributed by atoms with Crippen LogP contribution in [0.2, 0.25) is 0 Å². The van der Waals surface area contributed by atoms with Crippen molar-refractivity contribution in [2.45, 2.75) is 39.2 Å². The summed E-state index contributed by atoms with van der Waals surface area (Å²) < 4.78 is 5.85. The van der Waals surface area contributed by atoms with Gasteiger partial charge in [-0.15, -0.1) is 0 Å². The van der Waals surface area contributed by atoms with Gasteiger partial charge in [-0.2, -0.15) is 0 Å². The molecule has 1 aromatic rings. The highest BCUT2D eigenvalue weighted by Crippen LogP contribution is 2.19. The molecule has 0 bridgehead atoms. The van der Waals surface area contributed by atoms with Gasteiger partial charge in [0.2, 0.25) is 0 Å². The van der Waals surface area contributed by atoms with E-state index in [1.807, 2.05) is 25.1 Å². The van der Waals surface area contributed by atoms with Gasteiger partial charge in [-0.25, -0.2) is 0 Å². The van der Waals surface area contributed by atoms with Crippen molar-refractivity contribution in [2.75, 3.05) is 6.61 Å². The highest BCUT2D eigenvalue weighted by molar-refractivity contribution is 7.80. The second-order valence-corrected chi connectivity index (χ2v) is 4.62. The first kappa shape index (κ1) is 13.3. The van der Waals surface area contributed by atoms with Gasteiger partial charge in [0.05, 0.1) is 0 Å². The lowest BCUT2D eigenvalue weighted by molar-refractivity contribution is 0.0959. The van der Waals surface area contributed by atoms with Crippen LogP contribution in [0.25, 0.3) is 0 Å². The number of ether oxygens (including phenoxy) is 1. The van der Waals surface area contributed by atoms with Gasteiger partial charge in [-0.05, 0) is 18.9 Å². The molecule has 0 spiro atoms. The molecule has 0 saturated carbocycles. The zero-order valence-corrected chi connectivity index (χ0v) is 10.9. The molecule has 0 aliphatic rings. The van der Waals surface area contributed by atoms with Gasteiger partial charge in [-0.1, -0.05) is 62.3 Å². The average molecular weight is 236 g/mol. The monoisotopic (exact) mass is 236 g/mol. The minimum Gasteiger partial charge on any atom is -0.368 e. The van der Waals surface area contributed by atoms with Crippen LogP contribution in [-0.2, 0) is 4.74 Å². The van der Waals surface area contributed by atoms with Gasteiger partial charge in [0, 0.05) is 11.5 Å². The van der Waals surface area contributed by atoms with Crippen LogP contribution in [0.1, 0.15) is 44.8 Å². The molecule has 0 aromatic heterocycles. The van der Waals surface area contributed by atoms with E-state index in [2.05, 4.69) is 19.1 Å². The number of benzene rings is 1. The van der Waals surface area contributed by atoms with Crippen molar-refractivity contribution < 1.29 is 4.74 Å². The number of hydrogen-bond donors (Lipinski definition) is 0. The maximum Gasteiger partial charge on any atom is 0.113 e. The van der Waals surface area contributed by atoms with Gasteiger partial charge < -0.3 is 4.74 Å². The molecule has 0 N–H and O–H groups in total. The van der Waals surface area contributed by atoms with Crippen molar-refractivity contribution in [3.05, 3.63) is 35.9 Å². The standard InChI is InChI=1S/C14H20OS/c1-3-4-8-11-15-14(12(2)16)13-9-6-5-7-10-13/h5-7,9-10,14H,3-4,8,11H2,1-2H3. The molecule has 0 aliphatic heterocycles. The molecule has 1 atom stereocenters. The Kier molecular flexibility index (Phi) is 6.27. The second-order valence-electron chi connectivity index (χ2n) is 3.98. The molecular formula is C14H20OS. The van der Waals surface area contributed by atoms with Crippen molar-refractivity contribution in [3.8, 4) is 0 Å².